The Bertz CT molecular complexity index is 5370. The zero-order chi connectivity index (χ0) is 92.0. The molecule has 12 aromatic rings. The number of hydrogen-bond acceptors (Lipinski definition) is 20. The summed E-state index contributed by atoms with van der Waals surface area (Å²) in [6.45, 7) is 29.2. The Labute approximate surface area is 776 Å². The molecule has 0 amide bonds. The number of nitrogens with zero attached hydrogens (tertiary/aromatic N) is 20. The second-order valence-corrected chi connectivity index (χ2v) is 39.2. The van der Waals surface area contributed by atoms with Crippen LogP contribution in [0.15, 0.2) is 123 Å². The molecule has 4 fully saturated rings. The van der Waals surface area contributed by atoms with Crippen molar-refractivity contribution in [3.05, 3.63) is 215 Å². The largest absolute Gasteiger partial charge is 0.495 e. The summed E-state index contributed by atoms with van der Waals surface area (Å²) in [5.74, 6) is 11.8. The van der Waals surface area contributed by atoms with E-state index in [-0.39, 0.29) is 46.8 Å². The van der Waals surface area contributed by atoms with E-state index in [1.54, 1.807) is 53.7 Å². The first-order valence-electron chi connectivity index (χ1n) is 47.7. The highest BCUT2D eigenvalue weighted by atomic mass is 16.5. The lowest BCUT2D eigenvalue weighted by molar-refractivity contribution is -0.120. The maximum Gasteiger partial charge on any atom is 0.174 e. The minimum atomic E-state index is -0.0470. The van der Waals surface area contributed by atoms with Crippen LogP contribution in [0.25, 0.3) is 71.4 Å². The SMILES string of the molecule is COc1cc(/C=C/c2nc3n(n2)CCC[C@@H]3[C@@H]2CCCC(C)(C)O2)ccc1-n1cnc(C)c1.COc1cc(/C=C/c2nc3n(n2)CCC[C@@H]3[C@H]2CCCC(C)(C)O2)ccc1-n1cnc(C)c1.COc1cc(/C=C/c2nc3n(n2)CCC[C@H]3[C@@H]2CCCC(C)(C)O2)ccc1-n1cnc(C)c1.COc1cc(/C=C/c2nc3n(n2)CCC[C@H]3[C@H]2CCCC(C)(C)O2)ccc1-n1cnc(C)c1. The highest BCUT2D eigenvalue weighted by Gasteiger charge is 2.43. The normalized spacial score (nSPS) is 22.4. The van der Waals surface area contributed by atoms with Crippen molar-refractivity contribution in [3.8, 4) is 45.7 Å². The Hall–Kier alpha value is -11.7. The topological polar surface area (TPSA) is 268 Å². The van der Waals surface area contributed by atoms with Gasteiger partial charge in [0.2, 0.25) is 0 Å². The van der Waals surface area contributed by atoms with Gasteiger partial charge in [0.05, 0.1) is 146 Å². The fourth-order valence-corrected chi connectivity index (χ4v) is 20.4. The molecule has 4 saturated heterocycles. The quantitative estimate of drug-likeness (QED) is 0.0686. The van der Waals surface area contributed by atoms with E-state index < -0.39 is 0 Å². The van der Waals surface area contributed by atoms with E-state index in [2.05, 4.69) is 118 Å². The van der Waals surface area contributed by atoms with Crippen LogP contribution in [0.5, 0.6) is 23.0 Å². The smallest absolute Gasteiger partial charge is 0.174 e. The van der Waals surface area contributed by atoms with E-state index in [0.29, 0.717) is 23.7 Å². The third-order valence-corrected chi connectivity index (χ3v) is 27.0. The number of rotatable bonds is 20. The molecule has 0 unspecified atom stereocenters. The molecule has 0 radical (unpaired) electrons. The molecular formula is C104H132N20O8. The minimum absolute atomic E-state index is 0.0470. The van der Waals surface area contributed by atoms with Gasteiger partial charge in [-0.25, -0.2) is 58.6 Å². The number of imidazole rings is 4. The molecule has 8 aliphatic heterocycles. The average molecular weight is 1790 g/mol. The van der Waals surface area contributed by atoms with Gasteiger partial charge in [-0.1, -0.05) is 48.6 Å². The van der Waals surface area contributed by atoms with Gasteiger partial charge in [-0.2, -0.15) is 20.4 Å². The summed E-state index contributed by atoms with van der Waals surface area (Å²) < 4.78 is 64.6. The lowest BCUT2D eigenvalue weighted by Gasteiger charge is -2.40. The lowest BCUT2D eigenvalue weighted by atomic mass is 9.85. The summed E-state index contributed by atoms with van der Waals surface area (Å²) in [6.07, 6.45) is 55.0. The fraction of sp³-hybridized carbons (Fsp3) is 0.500. The van der Waals surface area contributed by atoms with Crippen molar-refractivity contribution in [3.63, 3.8) is 0 Å². The summed E-state index contributed by atoms with van der Waals surface area (Å²) >= 11 is 0. The first-order chi connectivity index (χ1) is 63.7. The predicted molar refractivity (Wildman–Crippen MR) is 514 cm³/mol. The minimum Gasteiger partial charge on any atom is -0.495 e. The standard InChI is InChI=1S/4C26H33N5O2/c4*1-18-16-30(17-27-18)21-11-9-19(15-23(21)32-4)10-12-24-28-25-20(7-6-14-31(25)29-24)22-8-5-13-26(2,3)33-22/h4*9-12,15-17,20,22H,5-8,13-14H2,1-4H3/b4*12-10+/t2*20-,22+;2*20-,22-/m1010/s1. The van der Waals surface area contributed by atoms with Crippen LogP contribution in [-0.2, 0) is 45.1 Å². The number of hydrogen-bond donors (Lipinski definition) is 0. The molecule has 16 heterocycles. The molecule has 28 heteroatoms. The molecule has 20 rings (SSSR count). The number of benzene rings is 4. The predicted octanol–water partition coefficient (Wildman–Crippen LogP) is 20.7. The molecule has 132 heavy (non-hydrogen) atoms. The van der Waals surface area contributed by atoms with Crippen LogP contribution in [0.2, 0.25) is 0 Å². The monoisotopic (exact) mass is 1790 g/mol. The van der Waals surface area contributed by atoms with Gasteiger partial charge >= 0.3 is 0 Å². The van der Waals surface area contributed by atoms with Gasteiger partial charge in [-0.15, -0.1) is 0 Å². The second-order valence-electron chi connectivity index (χ2n) is 39.2. The first kappa shape index (κ1) is 92.1. The molecule has 8 aliphatic rings. The number of aryl methyl sites for hydroxylation is 8. The summed E-state index contributed by atoms with van der Waals surface area (Å²) in [6, 6.07) is 24.6. The second kappa shape index (κ2) is 40.0. The van der Waals surface area contributed by atoms with Crippen LogP contribution >= 0.6 is 0 Å². The van der Waals surface area contributed by atoms with Crippen molar-refractivity contribution >= 4 is 48.6 Å². The summed E-state index contributed by atoms with van der Waals surface area (Å²) in [5, 5.41) is 19.1. The van der Waals surface area contributed by atoms with Crippen molar-refractivity contribution < 1.29 is 37.9 Å². The van der Waals surface area contributed by atoms with E-state index >= 15 is 0 Å². The highest BCUT2D eigenvalue weighted by Crippen LogP contribution is 2.45. The van der Waals surface area contributed by atoms with Crippen molar-refractivity contribution in [2.24, 2.45) is 0 Å². The van der Waals surface area contributed by atoms with Crippen LogP contribution < -0.4 is 18.9 Å². The van der Waals surface area contributed by atoms with Gasteiger partial charge in [0.1, 0.15) is 46.3 Å². The van der Waals surface area contributed by atoms with Crippen molar-refractivity contribution in [2.45, 2.75) is 308 Å². The average Bonchev–Trinajstić information content (AvgIpc) is 1.71. The van der Waals surface area contributed by atoms with Crippen LogP contribution in [0.3, 0.4) is 0 Å². The summed E-state index contributed by atoms with van der Waals surface area (Å²) in [7, 11) is 6.76. The molecule has 0 bridgehead atoms. The molecule has 0 saturated carbocycles. The van der Waals surface area contributed by atoms with E-state index in [9.17, 15) is 0 Å². The molecule has 8 atom stereocenters. The van der Waals surface area contributed by atoms with Crippen LogP contribution in [0.1, 0.15) is 299 Å². The number of aromatic nitrogens is 20. The fourth-order valence-electron chi connectivity index (χ4n) is 20.4. The van der Waals surface area contributed by atoms with Gasteiger partial charge in [0.15, 0.2) is 23.3 Å². The zero-order valence-electron chi connectivity index (χ0n) is 80.0. The number of methoxy groups -OCH3 is 4. The van der Waals surface area contributed by atoms with E-state index in [0.717, 1.165) is 266 Å². The van der Waals surface area contributed by atoms with Crippen LogP contribution in [-0.4, -0.2) is 173 Å². The number of ether oxygens (including phenoxy) is 8. The van der Waals surface area contributed by atoms with Gasteiger partial charge in [0.25, 0.3) is 0 Å². The highest BCUT2D eigenvalue weighted by molar-refractivity contribution is 5.72. The molecular weight excluding hydrogens is 1660 g/mol. The van der Waals surface area contributed by atoms with E-state index in [1.807, 2.05) is 168 Å². The van der Waals surface area contributed by atoms with E-state index in [1.165, 1.54) is 25.7 Å². The molecule has 4 aromatic carbocycles. The summed E-state index contributed by atoms with van der Waals surface area (Å²) in [4.78, 5) is 36.9. The van der Waals surface area contributed by atoms with Crippen LogP contribution in [0.4, 0.5) is 0 Å². The molecule has 0 aliphatic carbocycles. The Morgan fingerprint density at radius 1 is 0.295 bits per heavy atom. The molecule has 696 valence electrons. The molecule has 28 nitrogen and oxygen atoms in total. The third kappa shape index (κ3) is 21.9. The van der Waals surface area contributed by atoms with Gasteiger partial charge < -0.3 is 56.2 Å². The molecule has 0 N–H and O–H groups in total. The zero-order valence-corrected chi connectivity index (χ0v) is 80.0. The van der Waals surface area contributed by atoms with Gasteiger partial charge in [-0.3, -0.25) is 0 Å². The first-order valence-corrected chi connectivity index (χ1v) is 47.7. The van der Waals surface area contributed by atoms with Gasteiger partial charge in [-0.05, 0) is 307 Å². The maximum absolute atomic E-state index is 6.46. The maximum atomic E-state index is 6.46. The third-order valence-electron chi connectivity index (χ3n) is 27.0. The lowest BCUT2D eigenvalue weighted by Crippen LogP contribution is -2.40. The van der Waals surface area contributed by atoms with E-state index in [4.69, 9.17) is 78.2 Å². The molecule has 8 aromatic heterocycles. The Kier molecular flexibility index (Phi) is 27.9. The Morgan fingerprint density at radius 3 is 0.705 bits per heavy atom. The number of fused-ring (bicyclic) bond motifs is 4. The van der Waals surface area contributed by atoms with Crippen molar-refractivity contribution in [1.82, 2.24) is 97.3 Å². The molecule has 0 spiro atoms. The van der Waals surface area contributed by atoms with Crippen molar-refractivity contribution in [2.75, 3.05) is 28.4 Å². The Balaban J connectivity index is 0.000000123. The van der Waals surface area contributed by atoms with Crippen molar-refractivity contribution in [1.29, 1.82) is 0 Å². The van der Waals surface area contributed by atoms with Crippen LogP contribution in [0, 0.1) is 27.7 Å². The Morgan fingerprint density at radius 2 is 0.515 bits per heavy atom. The van der Waals surface area contributed by atoms with Gasteiger partial charge in [0, 0.05) is 74.6 Å². The summed E-state index contributed by atoms with van der Waals surface area (Å²) in [5.41, 5.74) is 11.7.